The van der Waals surface area contributed by atoms with E-state index in [0.29, 0.717) is 11.0 Å². The lowest BCUT2D eigenvalue weighted by Gasteiger charge is -2.28. The molecule has 1 aromatic heterocycles. The Morgan fingerprint density at radius 3 is 3.06 bits per heavy atom. The van der Waals surface area contributed by atoms with Gasteiger partial charge in [-0.15, -0.1) is 10.2 Å². The third kappa shape index (κ3) is 3.01. The molecule has 2 N–H and O–H groups in total. The van der Waals surface area contributed by atoms with Crippen molar-refractivity contribution in [3.8, 4) is 0 Å². The van der Waals surface area contributed by atoms with Crippen molar-refractivity contribution in [1.82, 2.24) is 15.5 Å². The number of hydrogen-bond acceptors (Lipinski definition) is 5. The fraction of sp³-hybridized carbons (Fsp3) is 0.727. The van der Waals surface area contributed by atoms with Gasteiger partial charge in [-0.25, -0.2) is 0 Å². The molecule has 1 aliphatic heterocycles. The second kappa shape index (κ2) is 5.55. The summed E-state index contributed by atoms with van der Waals surface area (Å²) < 4.78 is 0. The van der Waals surface area contributed by atoms with Crippen LogP contribution in [0.3, 0.4) is 0 Å². The van der Waals surface area contributed by atoms with Crippen molar-refractivity contribution in [2.24, 2.45) is 5.92 Å². The maximum absolute atomic E-state index is 12.0. The summed E-state index contributed by atoms with van der Waals surface area (Å²) in [5.74, 6) is 0.387. The van der Waals surface area contributed by atoms with Crippen molar-refractivity contribution in [3.05, 3.63) is 5.01 Å². The number of piperidine rings is 1. The highest BCUT2D eigenvalue weighted by Crippen LogP contribution is 2.19. The van der Waals surface area contributed by atoms with Crippen LogP contribution in [0.25, 0.3) is 0 Å². The van der Waals surface area contributed by atoms with Gasteiger partial charge >= 0.3 is 0 Å². The Balaban J connectivity index is 1.95. The second-order valence-corrected chi connectivity index (χ2v) is 5.46. The minimum atomic E-state index is -0.0993. The number of carbonyl (C=O) groups is 1. The molecule has 0 spiro atoms. The normalized spacial score (nSPS) is 24.6. The van der Waals surface area contributed by atoms with E-state index in [0.717, 1.165) is 30.8 Å². The third-order valence-electron chi connectivity index (χ3n) is 3.05. The molecule has 94 valence electrons. The Morgan fingerprint density at radius 1 is 1.59 bits per heavy atom. The molecule has 0 radical (unpaired) electrons. The molecular formula is C11H18N4OS. The van der Waals surface area contributed by atoms with Gasteiger partial charge in [0.2, 0.25) is 11.0 Å². The first-order valence-electron chi connectivity index (χ1n) is 6.07. The highest BCUT2D eigenvalue weighted by Gasteiger charge is 2.27. The first-order chi connectivity index (χ1) is 8.20. The summed E-state index contributed by atoms with van der Waals surface area (Å²) in [4.78, 5) is 12.0. The number of hydrogen-bond donors (Lipinski definition) is 2. The lowest BCUT2D eigenvalue weighted by Crippen LogP contribution is -2.48. The van der Waals surface area contributed by atoms with Gasteiger partial charge in [-0.05, 0) is 31.7 Å². The number of amides is 1. The zero-order valence-corrected chi connectivity index (χ0v) is 11.0. The zero-order chi connectivity index (χ0) is 12.3. The summed E-state index contributed by atoms with van der Waals surface area (Å²) in [5.41, 5.74) is 0. The topological polar surface area (TPSA) is 66.9 Å². The van der Waals surface area contributed by atoms with E-state index in [4.69, 9.17) is 0 Å². The number of aryl methyl sites for hydroxylation is 1. The van der Waals surface area contributed by atoms with Gasteiger partial charge in [0.15, 0.2) is 0 Å². The Labute approximate surface area is 105 Å². The van der Waals surface area contributed by atoms with Crippen LogP contribution in [0, 0.1) is 5.92 Å². The highest BCUT2D eigenvalue weighted by atomic mass is 32.1. The highest BCUT2D eigenvalue weighted by molar-refractivity contribution is 7.15. The van der Waals surface area contributed by atoms with Crippen molar-refractivity contribution in [3.63, 3.8) is 0 Å². The zero-order valence-electron chi connectivity index (χ0n) is 10.2. The molecule has 2 unspecified atom stereocenters. The maximum atomic E-state index is 12.0. The van der Waals surface area contributed by atoms with E-state index in [1.807, 2.05) is 6.92 Å². The molecule has 1 amide bonds. The molecule has 0 bridgehead atoms. The van der Waals surface area contributed by atoms with Crippen molar-refractivity contribution in [2.75, 3.05) is 11.9 Å². The fourth-order valence-corrected chi connectivity index (χ4v) is 2.71. The minimum Gasteiger partial charge on any atom is -0.306 e. The Morgan fingerprint density at radius 2 is 2.41 bits per heavy atom. The summed E-state index contributed by atoms with van der Waals surface area (Å²) in [6.07, 6.45) is 3.09. The molecule has 5 nitrogen and oxygen atoms in total. The van der Waals surface area contributed by atoms with Crippen molar-refractivity contribution in [2.45, 2.75) is 39.2 Å². The van der Waals surface area contributed by atoms with Gasteiger partial charge < -0.3 is 5.32 Å². The second-order valence-electron chi connectivity index (χ2n) is 4.40. The molecule has 1 fully saturated rings. The first-order valence-corrected chi connectivity index (χ1v) is 6.89. The number of rotatable bonds is 3. The number of anilines is 1. The van der Waals surface area contributed by atoms with Gasteiger partial charge in [-0.1, -0.05) is 25.2 Å². The Kier molecular flexibility index (Phi) is 4.06. The van der Waals surface area contributed by atoms with Crippen LogP contribution >= 0.6 is 11.3 Å². The Hall–Kier alpha value is -1.01. The van der Waals surface area contributed by atoms with Gasteiger partial charge in [-0.2, -0.15) is 0 Å². The standard InChI is InChI=1S/C11H18N4OS/c1-3-8-14-15-11(17-8)13-10(16)9-7(2)5-4-6-12-9/h7,9,12H,3-6H2,1-2H3,(H,13,15,16). The first kappa shape index (κ1) is 12.4. The average Bonchev–Trinajstić information content (AvgIpc) is 2.77. The van der Waals surface area contributed by atoms with Crippen LogP contribution in [0.2, 0.25) is 0 Å². The fourth-order valence-electron chi connectivity index (χ4n) is 2.03. The van der Waals surface area contributed by atoms with Crippen molar-refractivity contribution >= 4 is 22.4 Å². The molecule has 1 aromatic rings. The van der Waals surface area contributed by atoms with Gasteiger partial charge in [0.05, 0.1) is 6.04 Å². The van der Waals surface area contributed by atoms with E-state index >= 15 is 0 Å². The van der Waals surface area contributed by atoms with Crippen LogP contribution in [0.5, 0.6) is 0 Å². The smallest absolute Gasteiger partial charge is 0.243 e. The lowest BCUT2D eigenvalue weighted by atomic mass is 9.92. The molecule has 1 saturated heterocycles. The molecule has 2 rings (SSSR count). The van der Waals surface area contributed by atoms with E-state index in [1.54, 1.807) is 0 Å². The molecule has 2 heterocycles. The predicted molar refractivity (Wildman–Crippen MR) is 68.1 cm³/mol. The quantitative estimate of drug-likeness (QED) is 0.856. The van der Waals surface area contributed by atoms with Crippen LogP contribution < -0.4 is 10.6 Å². The molecule has 0 aromatic carbocycles. The molecular weight excluding hydrogens is 236 g/mol. The van der Waals surface area contributed by atoms with Crippen molar-refractivity contribution < 1.29 is 4.79 Å². The van der Waals surface area contributed by atoms with E-state index in [2.05, 4.69) is 27.8 Å². The van der Waals surface area contributed by atoms with E-state index in [1.165, 1.54) is 11.3 Å². The molecule has 17 heavy (non-hydrogen) atoms. The van der Waals surface area contributed by atoms with Crippen LogP contribution in [0.15, 0.2) is 0 Å². The van der Waals surface area contributed by atoms with Gasteiger partial charge in [0, 0.05) is 0 Å². The Bertz CT molecular complexity index is 393. The van der Waals surface area contributed by atoms with Crippen LogP contribution in [-0.4, -0.2) is 28.7 Å². The summed E-state index contributed by atoms with van der Waals surface area (Å²) in [7, 11) is 0. The van der Waals surface area contributed by atoms with Gasteiger partial charge in [0.25, 0.3) is 0 Å². The van der Waals surface area contributed by atoms with Gasteiger partial charge in [0.1, 0.15) is 5.01 Å². The largest absolute Gasteiger partial charge is 0.306 e. The van der Waals surface area contributed by atoms with Crippen LogP contribution in [-0.2, 0) is 11.2 Å². The van der Waals surface area contributed by atoms with Crippen LogP contribution in [0.4, 0.5) is 5.13 Å². The number of aromatic nitrogens is 2. The predicted octanol–water partition coefficient (Wildman–Crippen LogP) is 1.43. The monoisotopic (exact) mass is 254 g/mol. The van der Waals surface area contributed by atoms with Crippen molar-refractivity contribution in [1.29, 1.82) is 0 Å². The van der Waals surface area contributed by atoms with E-state index in [-0.39, 0.29) is 11.9 Å². The molecule has 0 aliphatic carbocycles. The lowest BCUT2D eigenvalue weighted by molar-refractivity contribution is -0.119. The summed E-state index contributed by atoms with van der Waals surface area (Å²) in [6, 6.07) is -0.0993. The van der Waals surface area contributed by atoms with E-state index in [9.17, 15) is 4.79 Å². The summed E-state index contributed by atoms with van der Waals surface area (Å²) >= 11 is 1.44. The SMILES string of the molecule is CCc1nnc(NC(=O)C2NCCCC2C)s1. The molecule has 1 aliphatic rings. The molecule has 0 saturated carbocycles. The maximum Gasteiger partial charge on any atom is 0.243 e. The summed E-state index contributed by atoms with van der Waals surface area (Å²) in [5, 5.41) is 15.6. The number of nitrogens with zero attached hydrogens (tertiary/aromatic N) is 2. The third-order valence-corrected chi connectivity index (χ3v) is 4.03. The van der Waals surface area contributed by atoms with Crippen LogP contribution in [0.1, 0.15) is 31.7 Å². The van der Waals surface area contributed by atoms with E-state index < -0.39 is 0 Å². The molecule has 2 atom stereocenters. The average molecular weight is 254 g/mol. The molecule has 6 heteroatoms. The van der Waals surface area contributed by atoms with Gasteiger partial charge in [-0.3, -0.25) is 10.1 Å². The number of nitrogens with one attached hydrogen (secondary N) is 2. The minimum absolute atomic E-state index is 0.0102. The summed E-state index contributed by atoms with van der Waals surface area (Å²) in [6.45, 7) is 5.05. The number of carbonyl (C=O) groups excluding carboxylic acids is 1.